The molecule has 3 N–H and O–H groups in total. The minimum Gasteiger partial charge on any atom is -0.396 e. The Morgan fingerprint density at radius 2 is 1.58 bits per heavy atom. The fraction of sp³-hybridized carbons (Fsp3) is 0. The summed E-state index contributed by atoms with van der Waals surface area (Å²) in [5, 5.41) is 2.33. The van der Waals surface area contributed by atoms with E-state index in [2.05, 4.69) is 5.32 Å². The van der Waals surface area contributed by atoms with Gasteiger partial charge in [0.25, 0.3) is 0 Å². The molecule has 100 valence electrons. The van der Waals surface area contributed by atoms with Crippen molar-refractivity contribution in [3.05, 3.63) is 52.6 Å². The van der Waals surface area contributed by atoms with Crippen LogP contribution in [0.15, 0.2) is 24.3 Å². The van der Waals surface area contributed by atoms with Crippen LogP contribution in [0.3, 0.4) is 0 Å². The first-order chi connectivity index (χ1) is 8.91. The number of anilines is 3. The van der Waals surface area contributed by atoms with E-state index in [4.69, 9.17) is 17.3 Å². The molecule has 0 saturated carbocycles. The zero-order valence-corrected chi connectivity index (χ0v) is 10.0. The molecule has 0 saturated heterocycles. The molecule has 0 atom stereocenters. The third-order valence-electron chi connectivity index (χ3n) is 2.42. The highest BCUT2D eigenvalue weighted by atomic mass is 35.5. The standard InChI is InChI=1S/C12H7ClF4N2/c13-5-2-1-3-8(11(5)18)19-12-9(16)6(14)4-7(15)10(12)17/h1-4,19H,18H2. The summed E-state index contributed by atoms with van der Waals surface area (Å²) in [6, 6.07) is 4.41. The smallest absolute Gasteiger partial charge is 0.185 e. The number of nitrogens with one attached hydrogen (secondary N) is 1. The van der Waals surface area contributed by atoms with Gasteiger partial charge in [-0.1, -0.05) is 17.7 Å². The average Bonchev–Trinajstić information content (AvgIpc) is 2.37. The van der Waals surface area contributed by atoms with Crippen LogP contribution >= 0.6 is 11.6 Å². The predicted molar refractivity (Wildman–Crippen MR) is 65.4 cm³/mol. The van der Waals surface area contributed by atoms with E-state index in [1.807, 2.05) is 0 Å². The molecule has 19 heavy (non-hydrogen) atoms. The van der Waals surface area contributed by atoms with E-state index >= 15 is 0 Å². The minimum absolute atomic E-state index is 0.00707. The highest BCUT2D eigenvalue weighted by Gasteiger charge is 2.20. The SMILES string of the molecule is Nc1c(Cl)cccc1Nc1c(F)c(F)cc(F)c1F. The van der Waals surface area contributed by atoms with Crippen molar-refractivity contribution in [2.75, 3.05) is 11.1 Å². The molecular weight excluding hydrogens is 284 g/mol. The summed E-state index contributed by atoms with van der Waals surface area (Å²) in [7, 11) is 0. The van der Waals surface area contributed by atoms with Crippen molar-refractivity contribution in [3.63, 3.8) is 0 Å². The van der Waals surface area contributed by atoms with E-state index in [1.165, 1.54) is 18.2 Å². The van der Waals surface area contributed by atoms with Gasteiger partial charge in [-0.2, -0.15) is 0 Å². The van der Waals surface area contributed by atoms with Crippen LogP contribution in [0.25, 0.3) is 0 Å². The Morgan fingerprint density at radius 3 is 2.16 bits per heavy atom. The summed E-state index contributed by atoms with van der Waals surface area (Å²) >= 11 is 5.72. The van der Waals surface area contributed by atoms with Crippen LogP contribution in [0.2, 0.25) is 5.02 Å². The number of para-hydroxylation sites is 1. The first-order valence-corrected chi connectivity index (χ1v) is 5.43. The second-order valence-electron chi connectivity index (χ2n) is 3.67. The second-order valence-corrected chi connectivity index (χ2v) is 4.08. The van der Waals surface area contributed by atoms with Gasteiger partial charge in [-0.25, -0.2) is 17.6 Å². The van der Waals surface area contributed by atoms with Gasteiger partial charge in [0.2, 0.25) is 0 Å². The Bertz CT molecular complexity index is 620. The second kappa shape index (κ2) is 4.97. The van der Waals surface area contributed by atoms with Crippen molar-refractivity contribution >= 4 is 28.7 Å². The van der Waals surface area contributed by atoms with Crippen LogP contribution in [-0.4, -0.2) is 0 Å². The van der Waals surface area contributed by atoms with Crippen LogP contribution in [0.5, 0.6) is 0 Å². The molecule has 0 aliphatic rings. The first kappa shape index (κ1) is 13.5. The molecule has 0 fully saturated rings. The fourth-order valence-electron chi connectivity index (χ4n) is 1.46. The molecule has 0 spiro atoms. The van der Waals surface area contributed by atoms with Crippen LogP contribution < -0.4 is 11.1 Å². The molecule has 2 rings (SSSR count). The lowest BCUT2D eigenvalue weighted by Crippen LogP contribution is -2.04. The highest BCUT2D eigenvalue weighted by molar-refractivity contribution is 6.33. The van der Waals surface area contributed by atoms with Crippen molar-refractivity contribution < 1.29 is 17.6 Å². The molecule has 0 radical (unpaired) electrons. The van der Waals surface area contributed by atoms with E-state index in [-0.39, 0.29) is 22.5 Å². The molecule has 2 aromatic rings. The number of hydrogen-bond acceptors (Lipinski definition) is 2. The molecule has 0 aliphatic carbocycles. The lowest BCUT2D eigenvalue weighted by Gasteiger charge is -2.12. The molecule has 7 heteroatoms. The van der Waals surface area contributed by atoms with Crippen LogP contribution in [0.1, 0.15) is 0 Å². The molecular formula is C12H7ClF4N2. The highest BCUT2D eigenvalue weighted by Crippen LogP contribution is 2.32. The van der Waals surface area contributed by atoms with Crippen molar-refractivity contribution in [2.45, 2.75) is 0 Å². The summed E-state index contributed by atoms with van der Waals surface area (Å²) in [6.07, 6.45) is 0. The van der Waals surface area contributed by atoms with Gasteiger partial charge in [0.1, 0.15) is 5.69 Å². The summed E-state index contributed by atoms with van der Waals surface area (Å²) in [5.41, 5.74) is 4.66. The van der Waals surface area contributed by atoms with E-state index in [1.54, 1.807) is 0 Å². The minimum atomic E-state index is -1.54. The molecule has 0 amide bonds. The summed E-state index contributed by atoms with van der Waals surface area (Å²) in [5.74, 6) is -6.11. The van der Waals surface area contributed by atoms with Gasteiger partial charge in [-0.3, -0.25) is 0 Å². The lowest BCUT2D eigenvalue weighted by atomic mass is 10.2. The summed E-state index contributed by atoms with van der Waals surface area (Å²) in [4.78, 5) is 0. The average molecular weight is 291 g/mol. The van der Waals surface area contributed by atoms with E-state index in [9.17, 15) is 17.6 Å². The normalized spacial score (nSPS) is 10.6. The number of nitrogen functional groups attached to an aromatic ring is 1. The predicted octanol–water partition coefficient (Wildman–Crippen LogP) is 4.22. The van der Waals surface area contributed by atoms with Crippen molar-refractivity contribution in [1.82, 2.24) is 0 Å². The van der Waals surface area contributed by atoms with Gasteiger partial charge < -0.3 is 11.1 Å². The molecule has 0 bridgehead atoms. The Balaban J connectivity index is 2.52. The maximum absolute atomic E-state index is 13.4. The quantitative estimate of drug-likeness (QED) is 0.494. The van der Waals surface area contributed by atoms with Gasteiger partial charge >= 0.3 is 0 Å². The van der Waals surface area contributed by atoms with E-state index in [0.717, 1.165) is 0 Å². The maximum Gasteiger partial charge on any atom is 0.185 e. The molecule has 0 aromatic heterocycles. The third-order valence-corrected chi connectivity index (χ3v) is 2.75. The number of benzene rings is 2. The molecule has 2 nitrogen and oxygen atoms in total. The van der Waals surface area contributed by atoms with Crippen LogP contribution in [0.4, 0.5) is 34.6 Å². The Labute approximate surface area is 110 Å². The van der Waals surface area contributed by atoms with Crippen LogP contribution in [-0.2, 0) is 0 Å². The Hall–Kier alpha value is -1.95. The van der Waals surface area contributed by atoms with E-state index in [0.29, 0.717) is 0 Å². The zero-order chi connectivity index (χ0) is 14.2. The molecule has 2 aromatic carbocycles. The van der Waals surface area contributed by atoms with Crippen molar-refractivity contribution in [1.29, 1.82) is 0 Å². The summed E-state index contributed by atoms with van der Waals surface area (Å²) in [6.45, 7) is 0. The Morgan fingerprint density at radius 1 is 1.00 bits per heavy atom. The monoisotopic (exact) mass is 290 g/mol. The number of rotatable bonds is 2. The topological polar surface area (TPSA) is 38.0 Å². The molecule has 0 unspecified atom stereocenters. The fourth-order valence-corrected chi connectivity index (χ4v) is 1.64. The van der Waals surface area contributed by atoms with Gasteiger partial charge in [0.15, 0.2) is 23.3 Å². The summed E-state index contributed by atoms with van der Waals surface area (Å²) < 4.78 is 52.9. The van der Waals surface area contributed by atoms with Gasteiger partial charge in [-0.15, -0.1) is 0 Å². The maximum atomic E-state index is 13.4. The number of nitrogens with two attached hydrogens (primary N) is 1. The largest absolute Gasteiger partial charge is 0.396 e. The lowest BCUT2D eigenvalue weighted by molar-refractivity contribution is 0.459. The van der Waals surface area contributed by atoms with Crippen LogP contribution in [0, 0.1) is 23.3 Å². The van der Waals surface area contributed by atoms with E-state index < -0.39 is 29.0 Å². The Kier molecular flexibility index (Phi) is 3.53. The third kappa shape index (κ3) is 2.44. The molecule has 0 aliphatic heterocycles. The number of halogens is 5. The van der Waals surface area contributed by atoms with Gasteiger partial charge in [-0.05, 0) is 12.1 Å². The number of hydrogen-bond donors (Lipinski definition) is 2. The molecule has 0 heterocycles. The van der Waals surface area contributed by atoms with Gasteiger partial charge in [0, 0.05) is 6.07 Å². The van der Waals surface area contributed by atoms with Gasteiger partial charge in [0.05, 0.1) is 16.4 Å². The zero-order valence-electron chi connectivity index (χ0n) is 9.28. The van der Waals surface area contributed by atoms with Crippen molar-refractivity contribution in [2.24, 2.45) is 0 Å². The van der Waals surface area contributed by atoms with Crippen molar-refractivity contribution in [3.8, 4) is 0 Å². The first-order valence-electron chi connectivity index (χ1n) is 5.05.